The zero-order chi connectivity index (χ0) is 27.0. The quantitative estimate of drug-likeness (QED) is 0.415. The van der Waals surface area contributed by atoms with Gasteiger partial charge in [-0.15, -0.1) is 12.6 Å². The SMILES string of the molecule is C[C@@H]1CC2C3C[C@H](F)C4=CC(=O)C=CC4(C)[C@@]3(F)C(O)CC2(C)[C@@]1(CCOC(=O)c1ccco1)C(=O)S. The summed E-state index contributed by atoms with van der Waals surface area (Å²) in [6.45, 7) is 5.20. The third-order valence-corrected chi connectivity index (χ3v) is 10.7. The largest absolute Gasteiger partial charge is 0.460 e. The maximum atomic E-state index is 17.3. The summed E-state index contributed by atoms with van der Waals surface area (Å²) in [4.78, 5) is 37.6. The number of hydrogen-bond donors (Lipinski definition) is 2. The zero-order valence-corrected chi connectivity index (χ0v) is 22.0. The summed E-state index contributed by atoms with van der Waals surface area (Å²) in [5.74, 6) is -2.63. The molecule has 37 heavy (non-hydrogen) atoms. The van der Waals surface area contributed by atoms with Crippen molar-refractivity contribution in [2.75, 3.05) is 6.61 Å². The number of carbonyl (C=O) groups excluding carboxylic acids is 3. The first-order chi connectivity index (χ1) is 17.3. The van der Waals surface area contributed by atoms with E-state index in [1.165, 1.54) is 24.5 Å². The molecule has 9 heteroatoms. The molecule has 1 N–H and O–H groups in total. The number of carbonyl (C=O) groups is 3. The number of aliphatic hydroxyl groups excluding tert-OH is 1. The molecule has 1 aromatic heterocycles. The maximum absolute atomic E-state index is 17.3. The molecule has 6 nitrogen and oxygen atoms in total. The molecule has 0 spiro atoms. The Kier molecular flexibility index (Phi) is 6.15. The van der Waals surface area contributed by atoms with Crippen LogP contribution in [0.5, 0.6) is 0 Å². The van der Waals surface area contributed by atoms with E-state index in [1.807, 2.05) is 13.8 Å². The van der Waals surface area contributed by atoms with Crippen LogP contribution in [0.4, 0.5) is 8.78 Å². The fourth-order valence-electron chi connectivity index (χ4n) is 8.51. The number of allylic oxidation sites excluding steroid dienone is 4. The summed E-state index contributed by atoms with van der Waals surface area (Å²) in [7, 11) is 0. The molecular weight excluding hydrogens is 502 g/mol. The van der Waals surface area contributed by atoms with Gasteiger partial charge in [0, 0.05) is 11.3 Å². The summed E-state index contributed by atoms with van der Waals surface area (Å²) in [6, 6.07) is 3.04. The van der Waals surface area contributed by atoms with Gasteiger partial charge in [-0.1, -0.05) is 19.9 Å². The Hall–Kier alpha value is -2.26. The first kappa shape index (κ1) is 26.4. The Labute approximate surface area is 219 Å². The zero-order valence-electron chi connectivity index (χ0n) is 21.1. The fourth-order valence-corrected chi connectivity index (χ4v) is 9.10. The van der Waals surface area contributed by atoms with E-state index in [9.17, 15) is 19.5 Å². The van der Waals surface area contributed by atoms with Crippen molar-refractivity contribution in [1.82, 2.24) is 0 Å². The minimum absolute atomic E-state index is 0.0393. The van der Waals surface area contributed by atoms with Crippen LogP contribution in [0.25, 0.3) is 0 Å². The predicted octanol–water partition coefficient (Wildman–Crippen LogP) is 4.83. The van der Waals surface area contributed by atoms with Crippen molar-refractivity contribution in [3.63, 3.8) is 0 Å². The van der Waals surface area contributed by atoms with Gasteiger partial charge in [0.1, 0.15) is 6.17 Å². The standard InChI is InChI=1S/C28H32F2O6S/c1-15-11-17-18-13-20(29)19-12-16(31)6-7-25(19,2)28(18,30)22(32)14-26(17,3)27(15,24(34)37)8-10-36-23(33)21-5-4-9-35-21/h4-7,9,12,15,17-18,20,22,32H,8,10-11,13-14H2,1-3H3,(H,34,37)/t15-,17?,18?,20+,22?,25?,26?,27-,28+/m1/s1. The van der Waals surface area contributed by atoms with Gasteiger partial charge in [-0.25, -0.2) is 13.6 Å². The van der Waals surface area contributed by atoms with Crippen LogP contribution in [0.2, 0.25) is 0 Å². The van der Waals surface area contributed by atoms with E-state index in [1.54, 1.807) is 13.0 Å². The lowest BCUT2D eigenvalue weighted by Gasteiger charge is -2.63. The van der Waals surface area contributed by atoms with Crippen molar-refractivity contribution in [1.29, 1.82) is 0 Å². The highest BCUT2D eigenvalue weighted by Crippen LogP contribution is 2.74. The highest BCUT2D eigenvalue weighted by atomic mass is 32.1. The van der Waals surface area contributed by atoms with Gasteiger partial charge in [-0.05, 0) is 79.7 Å². The third-order valence-electron chi connectivity index (χ3n) is 10.3. The Morgan fingerprint density at radius 2 is 2.00 bits per heavy atom. The Bertz CT molecular complexity index is 1200. The minimum atomic E-state index is -2.22. The van der Waals surface area contributed by atoms with Crippen LogP contribution in [0.1, 0.15) is 57.0 Å². The van der Waals surface area contributed by atoms with Crippen LogP contribution < -0.4 is 0 Å². The lowest BCUT2D eigenvalue weighted by molar-refractivity contribution is -0.211. The van der Waals surface area contributed by atoms with Gasteiger partial charge in [-0.3, -0.25) is 9.59 Å². The number of fused-ring (bicyclic) bond motifs is 5. The molecule has 4 aliphatic rings. The molecule has 1 aromatic rings. The molecule has 0 bridgehead atoms. The number of ether oxygens (including phenoxy) is 1. The topological polar surface area (TPSA) is 93.8 Å². The first-order valence-electron chi connectivity index (χ1n) is 12.7. The van der Waals surface area contributed by atoms with E-state index >= 15 is 8.78 Å². The Balaban J connectivity index is 1.51. The Morgan fingerprint density at radius 1 is 1.27 bits per heavy atom. The highest BCUT2D eigenvalue weighted by Gasteiger charge is 2.76. The van der Waals surface area contributed by atoms with Crippen molar-refractivity contribution in [2.24, 2.45) is 34.0 Å². The maximum Gasteiger partial charge on any atom is 0.374 e. The highest BCUT2D eigenvalue weighted by molar-refractivity contribution is 7.96. The monoisotopic (exact) mass is 534 g/mol. The molecule has 1 heterocycles. The Morgan fingerprint density at radius 3 is 2.65 bits per heavy atom. The number of ketones is 1. The van der Waals surface area contributed by atoms with Crippen LogP contribution >= 0.6 is 12.6 Å². The predicted molar refractivity (Wildman–Crippen MR) is 133 cm³/mol. The molecule has 5 unspecified atom stereocenters. The van der Waals surface area contributed by atoms with E-state index in [-0.39, 0.29) is 43.1 Å². The molecule has 0 aromatic carbocycles. The number of thiol groups is 1. The average Bonchev–Trinajstić information content (AvgIpc) is 3.44. The number of hydrogen-bond acceptors (Lipinski definition) is 6. The van der Waals surface area contributed by atoms with Gasteiger partial charge in [0.25, 0.3) is 0 Å². The van der Waals surface area contributed by atoms with E-state index < -0.39 is 62.9 Å². The summed E-state index contributed by atoms with van der Waals surface area (Å²) in [5.41, 5.74) is -5.69. The molecule has 9 atom stereocenters. The van der Waals surface area contributed by atoms with Crippen molar-refractivity contribution < 1.29 is 37.4 Å². The molecule has 200 valence electrons. The molecule has 3 saturated carbocycles. The fraction of sp³-hybridized carbons (Fsp3) is 0.607. The van der Waals surface area contributed by atoms with Crippen LogP contribution in [-0.2, 0) is 14.3 Å². The van der Waals surface area contributed by atoms with E-state index in [0.717, 1.165) is 6.08 Å². The van der Waals surface area contributed by atoms with E-state index in [4.69, 9.17) is 9.15 Å². The van der Waals surface area contributed by atoms with E-state index in [0.29, 0.717) is 6.42 Å². The second-order valence-electron chi connectivity index (χ2n) is 11.6. The van der Waals surface area contributed by atoms with Crippen LogP contribution in [0.3, 0.4) is 0 Å². The summed E-state index contributed by atoms with van der Waals surface area (Å²) in [5, 5.41) is 11.1. The first-order valence-corrected chi connectivity index (χ1v) is 13.2. The average molecular weight is 535 g/mol. The molecule has 0 radical (unpaired) electrons. The van der Waals surface area contributed by atoms with Crippen molar-refractivity contribution in [2.45, 2.75) is 64.4 Å². The molecule has 0 saturated heterocycles. The number of furan rings is 1. The van der Waals surface area contributed by atoms with Crippen molar-refractivity contribution in [3.05, 3.63) is 48.0 Å². The van der Waals surface area contributed by atoms with Crippen molar-refractivity contribution in [3.8, 4) is 0 Å². The second kappa shape index (κ2) is 8.63. The number of rotatable bonds is 5. The molecule has 0 aliphatic heterocycles. The van der Waals surface area contributed by atoms with Gasteiger partial charge in [-0.2, -0.15) is 0 Å². The lowest BCUT2D eigenvalue weighted by atomic mass is 9.43. The smallest absolute Gasteiger partial charge is 0.374 e. The van der Waals surface area contributed by atoms with Crippen LogP contribution in [0, 0.1) is 34.0 Å². The van der Waals surface area contributed by atoms with Gasteiger partial charge >= 0.3 is 5.97 Å². The number of alkyl halides is 2. The van der Waals surface area contributed by atoms with Gasteiger partial charge in [0.15, 0.2) is 16.6 Å². The molecular formula is C28H32F2O6S. The van der Waals surface area contributed by atoms with Crippen LogP contribution in [0.15, 0.2) is 46.6 Å². The number of esters is 1. The van der Waals surface area contributed by atoms with Gasteiger partial charge in [0.2, 0.25) is 5.76 Å². The van der Waals surface area contributed by atoms with Gasteiger partial charge < -0.3 is 14.3 Å². The molecule has 3 fully saturated rings. The third kappa shape index (κ3) is 3.35. The van der Waals surface area contributed by atoms with Gasteiger partial charge in [0.05, 0.1) is 24.4 Å². The lowest BCUT2D eigenvalue weighted by Crippen LogP contribution is -2.69. The normalized spacial score (nSPS) is 44.5. The van der Waals surface area contributed by atoms with Crippen molar-refractivity contribution >= 4 is 29.5 Å². The van der Waals surface area contributed by atoms with Crippen LogP contribution in [-0.4, -0.2) is 46.5 Å². The molecule has 0 amide bonds. The summed E-state index contributed by atoms with van der Waals surface area (Å²) in [6.07, 6.45) is 2.43. The minimum Gasteiger partial charge on any atom is -0.460 e. The summed E-state index contributed by atoms with van der Waals surface area (Å²) >= 11 is 4.28. The summed E-state index contributed by atoms with van der Waals surface area (Å²) < 4.78 is 43.4. The van der Waals surface area contributed by atoms with E-state index in [2.05, 4.69) is 12.6 Å². The molecule has 4 aliphatic carbocycles. The second-order valence-corrected chi connectivity index (χ2v) is 12.0. The number of aliphatic hydroxyl groups is 1. The number of halogens is 2. The molecule has 5 rings (SSSR count).